The molecule has 0 spiro atoms. The van der Waals surface area contributed by atoms with Crippen LogP contribution in [-0.2, 0) is 4.79 Å². The smallest absolute Gasteiger partial charge is 0.234 e. The monoisotopic (exact) mass is 256 g/mol. The van der Waals surface area contributed by atoms with Gasteiger partial charge in [-0.2, -0.15) is 0 Å². The van der Waals surface area contributed by atoms with Gasteiger partial charge in [-0.1, -0.05) is 26.7 Å². The molecule has 4 heteroatoms. The lowest BCUT2D eigenvalue weighted by Crippen LogP contribution is -2.46. The molecule has 0 unspecified atom stereocenters. The summed E-state index contributed by atoms with van der Waals surface area (Å²) < 4.78 is 0. The summed E-state index contributed by atoms with van der Waals surface area (Å²) in [4.78, 5) is 14.1. The maximum Gasteiger partial charge on any atom is 0.234 e. The van der Waals surface area contributed by atoms with Gasteiger partial charge >= 0.3 is 0 Å². The lowest BCUT2D eigenvalue weighted by molar-refractivity contribution is -0.123. The van der Waals surface area contributed by atoms with Crippen LogP contribution >= 0.6 is 0 Å². The zero-order valence-corrected chi connectivity index (χ0v) is 11.8. The van der Waals surface area contributed by atoms with Crippen molar-refractivity contribution in [2.75, 3.05) is 19.7 Å². The molecule has 1 aliphatic carbocycles. The first kappa shape index (κ1) is 15.4. The third-order valence-electron chi connectivity index (χ3n) is 3.91. The topological polar surface area (TPSA) is 52.6 Å². The van der Waals surface area contributed by atoms with Crippen LogP contribution in [0.1, 0.15) is 52.4 Å². The second-order valence-corrected chi connectivity index (χ2v) is 5.21. The number of nitrogens with zero attached hydrogens (tertiary/aromatic N) is 1. The van der Waals surface area contributed by atoms with Gasteiger partial charge in [0, 0.05) is 18.6 Å². The van der Waals surface area contributed by atoms with E-state index in [1.165, 1.54) is 12.8 Å². The van der Waals surface area contributed by atoms with E-state index in [1.807, 2.05) is 0 Å². The van der Waals surface area contributed by atoms with E-state index in [0.717, 1.165) is 25.7 Å². The van der Waals surface area contributed by atoms with Crippen LogP contribution in [0.2, 0.25) is 0 Å². The molecule has 1 aliphatic rings. The van der Waals surface area contributed by atoms with Gasteiger partial charge in [0.1, 0.15) is 0 Å². The highest BCUT2D eigenvalue weighted by atomic mass is 16.3. The molecule has 0 aromatic heterocycles. The first-order valence-corrected chi connectivity index (χ1v) is 7.35. The van der Waals surface area contributed by atoms with E-state index < -0.39 is 0 Å². The Balaban J connectivity index is 2.40. The second kappa shape index (κ2) is 8.48. The molecule has 1 fully saturated rings. The molecule has 0 heterocycles. The van der Waals surface area contributed by atoms with Gasteiger partial charge in [0.2, 0.25) is 5.91 Å². The van der Waals surface area contributed by atoms with Crippen LogP contribution in [0.5, 0.6) is 0 Å². The van der Waals surface area contributed by atoms with Crippen LogP contribution in [0, 0.1) is 0 Å². The van der Waals surface area contributed by atoms with Crippen molar-refractivity contribution in [2.24, 2.45) is 0 Å². The van der Waals surface area contributed by atoms with Crippen molar-refractivity contribution in [3.8, 4) is 0 Å². The number of aliphatic hydroxyl groups excluding tert-OH is 1. The minimum absolute atomic E-state index is 0.113. The van der Waals surface area contributed by atoms with Gasteiger partial charge in [0.25, 0.3) is 0 Å². The van der Waals surface area contributed by atoms with Crippen LogP contribution in [0.15, 0.2) is 0 Å². The first-order valence-electron chi connectivity index (χ1n) is 7.35. The van der Waals surface area contributed by atoms with Crippen LogP contribution in [0.3, 0.4) is 0 Å². The molecule has 1 rings (SSSR count). The van der Waals surface area contributed by atoms with Crippen LogP contribution in [0.4, 0.5) is 0 Å². The molecule has 0 bridgehead atoms. The number of carbonyl (C=O) groups is 1. The number of nitrogens with one attached hydrogen (secondary N) is 1. The Morgan fingerprint density at radius 3 is 2.44 bits per heavy atom. The average molecular weight is 256 g/mol. The van der Waals surface area contributed by atoms with Gasteiger partial charge < -0.3 is 10.4 Å². The molecular weight excluding hydrogens is 228 g/mol. The molecule has 1 saturated carbocycles. The van der Waals surface area contributed by atoms with E-state index in [0.29, 0.717) is 25.2 Å². The van der Waals surface area contributed by atoms with Gasteiger partial charge in [-0.3, -0.25) is 9.69 Å². The van der Waals surface area contributed by atoms with Crippen molar-refractivity contribution in [3.05, 3.63) is 0 Å². The van der Waals surface area contributed by atoms with E-state index in [4.69, 9.17) is 5.11 Å². The molecule has 0 saturated heterocycles. The van der Waals surface area contributed by atoms with Gasteiger partial charge in [0.05, 0.1) is 13.2 Å². The Labute approximate surface area is 111 Å². The minimum Gasteiger partial charge on any atom is -0.395 e. The van der Waals surface area contributed by atoms with Crippen molar-refractivity contribution in [1.82, 2.24) is 10.2 Å². The molecule has 0 aromatic rings. The van der Waals surface area contributed by atoms with Crippen molar-refractivity contribution < 1.29 is 9.90 Å². The molecule has 1 amide bonds. The summed E-state index contributed by atoms with van der Waals surface area (Å²) in [5, 5.41) is 12.2. The number of carbonyl (C=O) groups excluding carboxylic acids is 1. The van der Waals surface area contributed by atoms with E-state index in [9.17, 15) is 4.79 Å². The van der Waals surface area contributed by atoms with Crippen LogP contribution in [-0.4, -0.2) is 47.7 Å². The Morgan fingerprint density at radius 1 is 1.33 bits per heavy atom. The summed E-state index contributed by atoms with van der Waals surface area (Å²) in [6.07, 6.45) is 6.75. The molecule has 2 N–H and O–H groups in total. The second-order valence-electron chi connectivity index (χ2n) is 5.21. The summed E-state index contributed by atoms with van der Waals surface area (Å²) in [6.45, 7) is 5.39. The summed E-state index contributed by atoms with van der Waals surface area (Å²) in [7, 11) is 0. The molecule has 4 nitrogen and oxygen atoms in total. The zero-order chi connectivity index (χ0) is 13.4. The molecule has 0 aromatic carbocycles. The normalized spacial score (nSPS) is 16.7. The summed E-state index contributed by atoms with van der Waals surface area (Å²) in [5.74, 6) is 0.113. The molecule has 0 aliphatic heterocycles. The third-order valence-corrected chi connectivity index (χ3v) is 3.91. The van der Waals surface area contributed by atoms with E-state index >= 15 is 0 Å². The minimum atomic E-state index is 0.113. The van der Waals surface area contributed by atoms with Crippen LogP contribution < -0.4 is 5.32 Å². The van der Waals surface area contributed by atoms with Crippen molar-refractivity contribution >= 4 is 5.91 Å². The third kappa shape index (κ3) is 4.94. The summed E-state index contributed by atoms with van der Waals surface area (Å²) in [6, 6.07) is 0.779. The van der Waals surface area contributed by atoms with Gasteiger partial charge in [-0.25, -0.2) is 0 Å². The molecular formula is C14H28N2O2. The Hall–Kier alpha value is -0.610. The van der Waals surface area contributed by atoms with Gasteiger partial charge in [-0.05, 0) is 25.7 Å². The number of amides is 1. The maximum absolute atomic E-state index is 12.0. The number of rotatable bonds is 8. The number of hydrogen-bond acceptors (Lipinski definition) is 3. The highest BCUT2D eigenvalue weighted by molar-refractivity contribution is 5.78. The van der Waals surface area contributed by atoms with Crippen molar-refractivity contribution in [3.63, 3.8) is 0 Å². The Kier molecular flexibility index (Phi) is 7.28. The largest absolute Gasteiger partial charge is 0.395 e. The van der Waals surface area contributed by atoms with Gasteiger partial charge in [0.15, 0.2) is 0 Å². The summed E-state index contributed by atoms with van der Waals surface area (Å²) in [5.41, 5.74) is 0. The van der Waals surface area contributed by atoms with E-state index in [2.05, 4.69) is 24.1 Å². The van der Waals surface area contributed by atoms with Crippen molar-refractivity contribution in [1.29, 1.82) is 0 Å². The highest BCUT2D eigenvalue weighted by Crippen LogP contribution is 2.17. The van der Waals surface area contributed by atoms with Crippen LogP contribution in [0.25, 0.3) is 0 Å². The fraction of sp³-hybridized carbons (Fsp3) is 0.929. The lowest BCUT2D eigenvalue weighted by atomic mass is 10.1. The van der Waals surface area contributed by atoms with Gasteiger partial charge in [-0.15, -0.1) is 0 Å². The lowest BCUT2D eigenvalue weighted by Gasteiger charge is -2.29. The average Bonchev–Trinajstić information content (AvgIpc) is 2.83. The highest BCUT2D eigenvalue weighted by Gasteiger charge is 2.21. The van der Waals surface area contributed by atoms with E-state index in [1.54, 1.807) is 0 Å². The Morgan fingerprint density at radius 2 is 1.94 bits per heavy atom. The molecule has 106 valence electrons. The predicted octanol–water partition coefficient (Wildman–Crippen LogP) is 1.53. The number of aliphatic hydroxyl groups is 1. The first-order chi connectivity index (χ1) is 8.71. The predicted molar refractivity (Wildman–Crippen MR) is 73.4 cm³/mol. The zero-order valence-electron chi connectivity index (χ0n) is 11.8. The molecule has 0 radical (unpaired) electrons. The number of hydrogen-bond donors (Lipinski definition) is 2. The maximum atomic E-state index is 12.0. The Bertz CT molecular complexity index is 236. The van der Waals surface area contributed by atoms with Crippen molar-refractivity contribution in [2.45, 2.75) is 64.5 Å². The van der Waals surface area contributed by atoms with E-state index in [-0.39, 0.29) is 12.5 Å². The standard InChI is InChI=1S/C14H28N2O2/c1-3-13(4-2)16(9-10-17)11-14(18)15-12-7-5-6-8-12/h12-13,17H,3-11H2,1-2H3,(H,15,18). The SMILES string of the molecule is CCC(CC)N(CCO)CC(=O)NC1CCCC1. The quantitative estimate of drug-likeness (QED) is 0.692. The summed E-state index contributed by atoms with van der Waals surface area (Å²) >= 11 is 0. The molecule has 18 heavy (non-hydrogen) atoms. The fourth-order valence-electron chi connectivity index (χ4n) is 2.85. The molecule has 0 atom stereocenters. The fourth-order valence-corrected chi connectivity index (χ4v) is 2.85.